The molecule has 0 saturated heterocycles. The zero-order chi connectivity index (χ0) is 74.7. The highest BCUT2D eigenvalue weighted by atomic mass is 79.9. The molecule has 528 valence electrons. The Bertz CT molecular complexity index is 7150. The van der Waals surface area contributed by atoms with Crippen molar-refractivity contribution >= 4 is 109 Å². The van der Waals surface area contributed by atoms with Gasteiger partial charge in [-0.3, -0.25) is 0 Å². The van der Waals surface area contributed by atoms with E-state index in [9.17, 15) is 0 Å². The van der Waals surface area contributed by atoms with E-state index in [0.29, 0.717) is 0 Å². The lowest BCUT2D eigenvalue weighted by atomic mass is 9.70. The lowest BCUT2D eigenvalue weighted by molar-refractivity contribution is 0.795. The molecule has 20 aromatic rings. The molecule has 1 N–H and O–H groups in total. The summed E-state index contributed by atoms with van der Waals surface area (Å²) in [6, 6.07) is 156. The van der Waals surface area contributed by atoms with Crippen molar-refractivity contribution in [1.29, 1.82) is 0 Å². The molecule has 0 unspecified atom stereocenters. The summed E-state index contributed by atoms with van der Waals surface area (Å²) in [5.41, 5.74) is 31.5. The fraction of sp³-hybridized carbons (Fsp3) is 0.0182. The molecule has 2 nitrogen and oxygen atoms in total. The smallest absolute Gasteiger partial charge is 0.0725 e. The summed E-state index contributed by atoms with van der Waals surface area (Å²) in [7, 11) is 0. The van der Waals surface area contributed by atoms with Crippen LogP contribution in [-0.2, 0) is 10.8 Å². The zero-order valence-electron chi connectivity index (χ0n) is 61.7. The Hall–Kier alpha value is -14.0. The van der Waals surface area contributed by atoms with Crippen LogP contribution in [0.25, 0.3) is 131 Å². The second kappa shape index (κ2) is 26.7. The Morgan fingerprint density at radius 2 is 0.549 bits per heavy atom. The van der Waals surface area contributed by atoms with Crippen molar-refractivity contribution in [3.8, 4) is 66.8 Å². The highest BCUT2D eigenvalue weighted by Crippen LogP contribution is 2.66. The van der Waals surface area contributed by atoms with Crippen LogP contribution in [0.5, 0.6) is 0 Å². The van der Waals surface area contributed by atoms with Crippen molar-refractivity contribution in [2.45, 2.75) is 10.8 Å². The minimum absolute atomic E-state index is 0.326. The van der Waals surface area contributed by atoms with Crippen LogP contribution in [-0.4, -0.2) is 0 Å². The molecular weight excluding hydrogens is 1430 g/mol. The molecule has 0 radical (unpaired) electrons. The molecule has 3 heteroatoms. The third kappa shape index (κ3) is 10.6. The molecule has 0 atom stereocenters. The van der Waals surface area contributed by atoms with Crippen LogP contribution in [0, 0.1) is 0 Å². The van der Waals surface area contributed by atoms with Crippen molar-refractivity contribution in [1.82, 2.24) is 0 Å². The molecule has 0 aliphatic heterocycles. The number of halogens is 1. The van der Waals surface area contributed by atoms with Gasteiger partial charge in [-0.2, -0.15) is 0 Å². The van der Waals surface area contributed by atoms with Gasteiger partial charge in [-0.1, -0.05) is 344 Å². The number of nitrogens with zero attached hydrogens (tertiary/aromatic N) is 1. The van der Waals surface area contributed by atoms with E-state index in [1.165, 1.54) is 176 Å². The number of rotatable bonds is 7. The molecule has 0 heterocycles. The molecule has 113 heavy (non-hydrogen) atoms. The van der Waals surface area contributed by atoms with Crippen molar-refractivity contribution in [3.05, 3.63) is 474 Å². The van der Waals surface area contributed by atoms with E-state index >= 15 is 0 Å². The third-order valence-electron chi connectivity index (χ3n) is 24.4. The molecule has 24 rings (SSSR count). The maximum Gasteiger partial charge on any atom is 0.0725 e. The Morgan fingerprint density at radius 3 is 1.05 bits per heavy atom. The number of benzene rings is 20. The molecule has 2 spiro atoms. The molecule has 0 aromatic heterocycles. The molecule has 0 amide bonds. The van der Waals surface area contributed by atoms with Gasteiger partial charge >= 0.3 is 0 Å². The summed E-state index contributed by atoms with van der Waals surface area (Å²) in [5, 5.41) is 18.6. The van der Waals surface area contributed by atoms with Crippen LogP contribution >= 0.6 is 15.9 Å². The first-order valence-electron chi connectivity index (χ1n) is 39.0. The van der Waals surface area contributed by atoms with Gasteiger partial charge in [0, 0.05) is 38.0 Å². The van der Waals surface area contributed by atoms with Crippen molar-refractivity contribution < 1.29 is 0 Å². The average Bonchev–Trinajstić information content (AvgIpc) is 1.51. The van der Waals surface area contributed by atoms with Crippen molar-refractivity contribution in [3.63, 3.8) is 0 Å². The van der Waals surface area contributed by atoms with E-state index in [4.69, 9.17) is 0 Å². The monoisotopic (exact) mass is 1500 g/mol. The molecule has 4 aliphatic rings. The summed E-state index contributed by atoms with van der Waals surface area (Å²) in [5.74, 6) is 0. The first-order chi connectivity index (χ1) is 55.9. The summed E-state index contributed by atoms with van der Waals surface area (Å²) in [6.07, 6.45) is 0. The number of anilines is 5. The zero-order valence-corrected chi connectivity index (χ0v) is 63.3. The summed E-state index contributed by atoms with van der Waals surface area (Å²) < 4.78 is 1.10. The van der Waals surface area contributed by atoms with Gasteiger partial charge in [-0.25, -0.2) is 0 Å². The van der Waals surface area contributed by atoms with E-state index in [1.54, 1.807) is 0 Å². The van der Waals surface area contributed by atoms with Gasteiger partial charge < -0.3 is 10.2 Å². The van der Waals surface area contributed by atoms with Gasteiger partial charge in [0.1, 0.15) is 0 Å². The topological polar surface area (TPSA) is 15.3 Å². The molecule has 0 fully saturated rings. The first kappa shape index (κ1) is 66.1. The van der Waals surface area contributed by atoms with E-state index in [2.05, 4.69) is 451 Å². The van der Waals surface area contributed by atoms with Gasteiger partial charge in [0.15, 0.2) is 0 Å². The first-order valence-corrected chi connectivity index (χ1v) is 39.8. The highest BCUT2D eigenvalue weighted by molar-refractivity contribution is 9.10. The van der Waals surface area contributed by atoms with Crippen molar-refractivity contribution in [2.24, 2.45) is 0 Å². The normalized spacial score (nSPS) is 13.0. The Morgan fingerprint density at radius 1 is 0.204 bits per heavy atom. The number of fused-ring (bicyclic) bond motifs is 26. The van der Waals surface area contributed by atoms with Gasteiger partial charge in [-0.05, 0) is 262 Å². The van der Waals surface area contributed by atoms with Crippen LogP contribution in [0.2, 0.25) is 0 Å². The maximum atomic E-state index is 3.59. The van der Waals surface area contributed by atoms with Crippen LogP contribution in [0.1, 0.15) is 44.5 Å². The Labute approximate surface area is 665 Å². The minimum Gasteiger partial charge on any atom is -0.355 e. The summed E-state index contributed by atoms with van der Waals surface area (Å²) >= 11 is 3.59. The second-order valence-corrected chi connectivity index (χ2v) is 31.2. The third-order valence-corrected chi connectivity index (χ3v) is 24.9. The van der Waals surface area contributed by atoms with Gasteiger partial charge in [0.05, 0.1) is 16.5 Å². The Kier molecular flexibility index (Phi) is 15.6. The largest absolute Gasteiger partial charge is 0.355 e. The summed E-state index contributed by atoms with van der Waals surface area (Å²) in [6.45, 7) is 0. The van der Waals surface area contributed by atoms with E-state index < -0.39 is 5.41 Å². The summed E-state index contributed by atoms with van der Waals surface area (Å²) in [4.78, 5) is 2.41. The fourth-order valence-corrected chi connectivity index (χ4v) is 19.6. The lowest BCUT2D eigenvalue weighted by Crippen LogP contribution is -2.25. The van der Waals surface area contributed by atoms with E-state index in [1.807, 2.05) is 0 Å². The number of hydrogen-bond acceptors (Lipinski definition) is 2. The van der Waals surface area contributed by atoms with Crippen LogP contribution in [0.3, 0.4) is 0 Å². The molecule has 20 aromatic carbocycles. The maximum absolute atomic E-state index is 3.59. The SMILES string of the molecule is Brc1ccc(-c2ccc3c(c2)C2(c4ccccc4-c4ccccc42)c2cc4ccccc4cc2-3)cc1.c1ccc2c(c1)-c1ccccc1C21c2cc(-c3ccc(N(c4ccc5ccccc5c4)c4cccc5ccccc45)cc3)ccc2-c2cc3ccccc3cc21.c1ccc2cc(Nc3cccc4ccccc34)ccc2c1. The molecule has 0 bridgehead atoms. The number of hydrogen-bond donors (Lipinski definition) is 1. The fourth-order valence-electron chi connectivity index (χ4n) is 19.4. The van der Waals surface area contributed by atoms with Gasteiger partial charge in [-0.15, -0.1) is 0 Å². The number of nitrogens with one attached hydrogen (secondary N) is 1. The predicted molar refractivity (Wildman–Crippen MR) is 480 cm³/mol. The van der Waals surface area contributed by atoms with Crippen LogP contribution < -0.4 is 10.2 Å². The molecule has 0 saturated carbocycles. The van der Waals surface area contributed by atoms with Gasteiger partial charge in [0.2, 0.25) is 0 Å². The van der Waals surface area contributed by atoms with E-state index in [0.717, 1.165) is 32.9 Å². The quantitative estimate of drug-likeness (QED) is 0.171. The van der Waals surface area contributed by atoms with Crippen LogP contribution in [0.15, 0.2) is 429 Å². The van der Waals surface area contributed by atoms with Crippen molar-refractivity contribution in [2.75, 3.05) is 10.2 Å². The van der Waals surface area contributed by atoms with Gasteiger partial charge in [0.25, 0.3) is 0 Å². The highest BCUT2D eigenvalue weighted by Gasteiger charge is 2.53. The minimum atomic E-state index is -0.404. The standard InChI is InChI=1S/C55H35N.C35H21Br.C20H15N/c1-2-14-39-32-44(30-26-36(39)12-1)56(54-23-11-17-38-13-5-6-18-45(38)54)43-28-24-37(25-29-43)42-27-31-48-49-33-40-15-3-4-16-41(40)34-53(49)55(52(48)35-42)50-21-9-7-19-46(50)47-20-8-10-22-51(47)55;36-26-16-13-22(14-17-26)25-15-18-29-30-19-23-7-1-2-8-24(23)20-34(30)35(33(29)21-25)31-11-5-3-9-27(31)28-10-4-6-12-32(28)35;1-2-8-17-14-18(13-12-15(17)6-1)21-20-11-5-9-16-7-3-4-10-19(16)20/h1-35H;1-21H;1-14,21H. The molecule has 4 aliphatic carbocycles. The second-order valence-electron chi connectivity index (χ2n) is 30.3. The van der Waals surface area contributed by atoms with E-state index in [-0.39, 0.29) is 5.41 Å². The average molecular weight is 1500 g/mol. The lowest BCUT2D eigenvalue weighted by Gasteiger charge is -2.31. The molecular formula is C110H71BrN2. The predicted octanol–water partition coefficient (Wildman–Crippen LogP) is 30.0. The Balaban J connectivity index is 0.000000116. The van der Waals surface area contributed by atoms with Crippen LogP contribution in [0.4, 0.5) is 28.4 Å².